The van der Waals surface area contributed by atoms with Gasteiger partial charge in [0.15, 0.2) is 0 Å². The molecule has 5 nitrogen and oxygen atoms in total. The summed E-state index contributed by atoms with van der Waals surface area (Å²) in [6.45, 7) is 6.98. The molecule has 5 heteroatoms. The number of rotatable bonds is 3. The lowest BCUT2D eigenvalue weighted by atomic mass is 9.87. The number of amidine groups is 1. The van der Waals surface area contributed by atoms with Crippen LogP contribution in [0.5, 0.6) is 0 Å². The Balaban J connectivity index is 0.000000204. The summed E-state index contributed by atoms with van der Waals surface area (Å²) >= 11 is 0. The molecule has 4 rings (SSSR count). The molecule has 1 saturated heterocycles. The van der Waals surface area contributed by atoms with Crippen molar-refractivity contribution in [3.63, 3.8) is 0 Å². The van der Waals surface area contributed by atoms with Gasteiger partial charge in [-0.15, -0.1) is 0 Å². The third-order valence-corrected chi connectivity index (χ3v) is 5.92. The molecular weight excluding hydrogens is 358 g/mol. The van der Waals surface area contributed by atoms with Crippen LogP contribution in [0.1, 0.15) is 35.1 Å². The highest BCUT2D eigenvalue weighted by atomic mass is 15.2. The Hall–Kier alpha value is -2.79. The quantitative estimate of drug-likeness (QED) is 0.274. The van der Waals surface area contributed by atoms with Crippen LogP contribution < -0.4 is 11.6 Å². The molecule has 2 aromatic carbocycles. The number of aryl methyl sites for hydroxylation is 2. The average Bonchev–Trinajstić information content (AvgIpc) is 3.23. The van der Waals surface area contributed by atoms with Gasteiger partial charge in [0.2, 0.25) is 0 Å². The molecule has 0 spiro atoms. The van der Waals surface area contributed by atoms with Crippen molar-refractivity contribution in [2.24, 2.45) is 22.6 Å². The van der Waals surface area contributed by atoms with E-state index in [9.17, 15) is 0 Å². The number of nitrogens with zero attached hydrogens (tertiary/aromatic N) is 2. The maximum atomic E-state index is 5.42. The van der Waals surface area contributed by atoms with E-state index in [4.69, 9.17) is 11.6 Å². The van der Waals surface area contributed by atoms with Gasteiger partial charge in [0.1, 0.15) is 5.84 Å². The van der Waals surface area contributed by atoms with Gasteiger partial charge in [0.05, 0.1) is 0 Å². The second-order valence-electron chi connectivity index (χ2n) is 8.09. The fraction of sp³-hybridized carbons (Fsp3) is 0.375. The number of nitrogens with one attached hydrogen (secondary N) is 1. The van der Waals surface area contributed by atoms with Crippen molar-refractivity contribution < 1.29 is 0 Å². The van der Waals surface area contributed by atoms with E-state index >= 15 is 0 Å². The van der Waals surface area contributed by atoms with Gasteiger partial charge in [-0.3, -0.25) is 0 Å². The molecule has 1 aliphatic heterocycles. The molecule has 0 radical (unpaired) electrons. The Morgan fingerprint density at radius 2 is 1.79 bits per heavy atom. The normalized spacial score (nSPS) is 15.9. The fourth-order valence-corrected chi connectivity index (χ4v) is 4.15. The number of piperidine rings is 1. The molecule has 0 unspecified atom stereocenters. The monoisotopic (exact) mass is 391 g/mol. The predicted molar refractivity (Wildman–Crippen MR) is 123 cm³/mol. The minimum Gasteiger partial charge on any atom is -0.382 e. The summed E-state index contributed by atoms with van der Waals surface area (Å²) in [7, 11) is 2.23. The molecule has 5 N–H and O–H groups in total. The first-order chi connectivity index (χ1) is 14.0. The van der Waals surface area contributed by atoms with Gasteiger partial charge in [0, 0.05) is 22.7 Å². The summed E-state index contributed by atoms with van der Waals surface area (Å²) in [5.74, 6) is 6.19. The zero-order valence-corrected chi connectivity index (χ0v) is 17.8. The van der Waals surface area contributed by atoms with E-state index in [1.54, 1.807) is 5.56 Å². The second-order valence-corrected chi connectivity index (χ2v) is 8.09. The van der Waals surface area contributed by atoms with Gasteiger partial charge in [-0.1, -0.05) is 36.4 Å². The van der Waals surface area contributed by atoms with Crippen molar-refractivity contribution in [3.8, 4) is 0 Å². The Kier molecular flexibility index (Phi) is 6.94. The number of fused-ring (bicyclic) bond motifs is 1. The van der Waals surface area contributed by atoms with E-state index < -0.39 is 0 Å². The molecule has 0 atom stereocenters. The van der Waals surface area contributed by atoms with Gasteiger partial charge >= 0.3 is 0 Å². The maximum Gasteiger partial charge on any atom is 0.150 e. The molecular formula is C24H33N5. The number of aromatic nitrogens is 1. The van der Waals surface area contributed by atoms with Gasteiger partial charge in [0.25, 0.3) is 0 Å². The number of likely N-dealkylation sites (tertiary alicyclic amines) is 1. The lowest BCUT2D eigenvalue weighted by molar-refractivity contribution is 0.219. The average molecular weight is 392 g/mol. The Labute approximate surface area is 173 Å². The summed E-state index contributed by atoms with van der Waals surface area (Å²) in [5, 5.41) is 4.79. The Morgan fingerprint density at radius 3 is 2.45 bits per heavy atom. The van der Waals surface area contributed by atoms with E-state index in [-0.39, 0.29) is 0 Å². The molecule has 2 heterocycles. The van der Waals surface area contributed by atoms with Crippen molar-refractivity contribution in [2.45, 2.75) is 33.1 Å². The third kappa shape index (κ3) is 5.18. The Morgan fingerprint density at radius 1 is 1.10 bits per heavy atom. The first-order valence-corrected chi connectivity index (χ1v) is 10.3. The number of H-pyrrole nitrogens is 1. The van der Waals surface area contributed by atoms with Crippen LogP contribution in [0.3, 0.4) is 0 Å². The van der Waals surface area contributed by atoms with E-state index in [0.29, 0.717) is 5.84 Å². The van der Waals surface area contributed by atoms with E-state index in [0.717, 1.165) is 11.5 Å². The zero-order chi connectivity index (χ0) is 20.8. The topological polar surface area (TPSA) is 83.4 Å². The van der Waals surface area contributed by atoms with Gasteiger partial charge in [-0.05, 0) is 81.9 Å². The molecule has 29 heavy (non-hydrogen) atoms. The first-order valence-electron chi connectivity index (χ1n) is 10.3. The number of hydrazone groups is 1. The summed E-state index contributed by atoms with van der Waals surface area (Å²) in [6.07, 6.45) is 6.01. The van der Waals surface area contributed by atoms with Crippen LogP contribution in [-0.2, 0) is 6.42 Å². The molecule has 1 aromatic heterocycles. The van der Waals surface area contributed by atoms with Crippen LogP contribution in [-0.4, -0.2) is 35.9 Å². The number of hydrogen-bond donors (Lipinski definition) is 3. The molecule has 0 saturated carbocycles. The van der Waals surface area contributed by atoms with E-state index in [1.807, 2.05) is 30.3 Å². The largest absolute Gasteiger partial charge is 0.382 e. The van der Waals surface area contributed by atoms with E-state index in [1.165, 1.54) is 54.4 Å². The van der Waals surface area contributed by atoms with Crippen LogP contribution >= 0.6 is 0 Å². The number of benzene rings is 2. The van der Waals surface area contributed by atoms with E-state index in [2.05, 4.69) is 54.2 Å². The highest BCUT2D eigenvalue weighted by Gasteiger charge is 2.19. The van der Waals surface area contributed by atoms with Crippen LogP contribution in [0, 0.1) is 19.8 Å². The molecule has 0 amide bonds. The third-order valence-electron chi connectivity index (χ3n) is 5.92. The highest BCUT2D eigenvalue weighted by Crippen LogP contribution is 2.29. The lowest BCUT2D eigenvalue weighted by Gasteiger charge is -2.29. The number of nitrogens with two attached hydrogens (primary N) is 2. The van der Waals surface area contributed by atoms with Crippen LogP contribution in [0.4, 0.5) is 0 Å². The summed E-state index contributed by atoms with van der Waals surface area (Å²) in [4.78, 5) is 5.84. The first kappa shape index (κ1) is 20.9. The smallest absolute Gasteiger partial charge is 0.150 e. The maximum absolute atomic E-state index is 5.42. The molecule has 0 bridgehead atoms. The van der Waals surface area contributed by atoms with Crippen molar-refractivity contribution in [1.29, 1.82) is 0 Å². The van der Waals surface area contributed by atoms with Crippen molar-refractivity contribution in [2.75, 3.05) is 20.1 Å². The molecule has 1 aliphatic rings. The Bertz CT molecular complexity index is 950. The number of aromatic amines is 1. The van der Waals surface area contributed by atoms with Crippen molar-refractivity contribution in [1.82, 2.24) is 9.88 Å². The summed E-state index contributed by atoms with van der Waals surface area (Å²) in [6, 6.07) is 14.0. The van der Waals surface area contributed by atoms with Gasteiger partial charge in [-0.2, -0.15) is 5.10 Å². The number of hydrogen-bond acceptors (Lipinski definition) is 3. The summed E-state index contributed by atoms with van der Waals surface area (Å²) < 4.78 is 0. The molecule has 1 fully saturated rings. The van der Waals surface area contributed by atoms with Crippen molar-refractivity contribution in [3.05, 3.63) is 70.9 Å². The fourth-order valence-electron chi connectivity index (χ4n) is 4.15. The van der Waals surface area contributed by atoms with Crippen LogP contribution in [0.2, 0.25) is 0 Å². The van der Waals surface area contributed by atoms with Gasteiger partial charge in [-0.25, -0.2) is 0 Å². The standard InChI is InChI=1S/C17H24N2.C7H9N3/c1-12-10-13(2)17-15(4-7-18-17)16(12)11-14-5-8-19(3)9-6-14;8-7(10-9)6-4-2-1-3-5-6/h4,7,10,14,18H,5-6,8-9,11H2,1-3H3;1-5H,9H2,(H2,8,10). The molecule has 0 aliphatic carbocycles. The van der Waals surface area contributed by atoms with Crippen molar-refractivity contribution >= 4 is 16.7 Å². The molecule has 154 valence electrons. The minimum atomic E-state index is 0.362. The predicted octanol–water partition coefficient (Wildman–Crippen LogP) is 3.93. The summed E-state index contributed by atoms with van der Waals surface area (Å²) in [5.41, 5.74) is 12.0. The molecule has 3 aromatic rings. The lowest BCUT2D eigenvalue weighted by Crippen LogP contribution is -2.31. The van der Waals surface area contributed by atoms with Crippen LogP contribution in [0.25, 0.3) is 10.9 Å². The zero-order valence-electron chi connectivity index (χ0n) is 17.8. The minimum absolute atomic E-state index is 0.362. The van der Waals surface area contributed by atoms with Crippen LogP contribution in [0.15, 0.2) is 53.8 Å². The SMILES string of the molecule is Cc1cc(C)c2[nH]ccc2c1CC1CCN(C)CC1.N/N=C(\N)c1ccccc1. The highest BCUT2D eigenvalue weighted by molar-refractivity contribution is 5.97. The second kappa shape index (κ2) is 9.61. The van der Waals surface area contributed by atoms with Gasteiger partial charge < -0.3 is 21.5 Å².